The summed E-state index contributed by atoms with van der Waals surface area (Å²) in [4.78, 5) is 2.40. The van der Waals surface area contributed by atoms with Gasteiger partial charge in [0.2, 0.25) is 0 Å². The van der Waals surface area contributed by atoms with Gasteiger partial charge in [0, 0.05) is 31.7 Å². The Kier molecular flexibility index (Phi) is 3.61. The molecule has 0 radical (unpaired) electrons. The number of benzene rings is 1. The van der Waals surface area contributed by atoms with Crippen LogP contribution in [0.1, 0.15) is 24.0 Å². The Bertz CT molecular complexity index is 495. The molecule has 2 heterocycles. The van der Waals surface area contributed by atoms with Crippen molar-refractivity contribution in [2.45, 2.75) is 24.8 Å². The summed E-state index contributed by atoms with van der Waals surface area (Å²) in [6.07, 6.45) is 2.17. The molecule has 1 spiro atoms. The van der Waals surface area contributed by atoms with E-state index in [9.17, 15) is 0 Å². The van der Waals surface area contributed by atoms with E-state index in [0.29, 0.717) is 0 Å². The van der Waals surface area contributed by atoms with Crippen molar-refractivity contribution in [3.05, 3.63) is 23.3 Å². The Morgan fingerprint density at radius 1 is 1.10 bits per heavy atom. The van der Waals surface area contributed by atoms with Crippen molar-refractivity contribution in [3.63, 3.8) is 0 Å². The summed E-state index contributed by atoms with van der Waals surface area (Å²) in [5.41, 5.74) is 3.00. The number of hydrogen-bond donors (Lipinski definition) is 0. The highest BCUT2D eigenvalue weighted by molar-refractivity contribution is 5.51. The molecule has 4 heteroatoms. The second-order valence-corrected chi connectivity index (χ2v) is 5.93. The molecular formula is C16H23NO3. The van der Waals surface area contributed by atoms with E-state index in [1.165, 1.54) is 11.1 Å². The Balaban J connectivity index is 2.10. The van der Waals surface area contributed by atoms with Gasteiger partial charge in [-0.15, -0.1) is 0 Å². The second-order valence-electron chi connectivity index (χ2n) is 5.93. The molecule has 0 bridgehead atoms. The summed E-state index contributed by atoms with van der Waals surface area (Å²) in [5.74, 6) is 1.66. The van der Waals surface area contributed by atoms with Crippen LogP contribution in [0.3, 0.4) is 0 Å². The SMILES string of the molecule is COc1cc2c(cc1OC)C1(CCOCC1)CN(C)C2. The van der Waals surface area contributed by atoms with E-state index in [1.807, 2.05) is 0 Å². The van der Waals surface area contributed by atoms with Gasteiger partial charge in [0.05, 0.1) is 14.2 Å². The lowest BCUT2D eigenvalue weighted by molar-refractivity contribution is 0.0303. The van der Waals surface area contributed by atoms with Gasteiger partial charge in [-0.3, -0.25) is 0 Å². The lowest BCUT2D eigenvalue weighted by Crippen LogP contribution is -2.47. The molecule has 0 aliphatic carbocycles. The maximum atomic E-state index is 5.57. The number of ether oxygens (including phenoxy) is 3. The fraction of sp³-hybridized carbons (Fsp3) is 0.625. The van der Waals surface area contributed by atoms with Crippen LogP contribution < -0.4 is 9.47 Å². The fourth-order valence-corrected chi connectivity index (χ4v) is 3.68. The van der Waals surface area contributed by atoms with Gasteiger partial charge in [0.15, 0.2) is 11.5 Å². The summed E-state index contributed by atoms with van der Waals surface area (Å²) in [7, 11) is 5.59. The average molecular weight is 277 g/mol. The van der Waals surface area contributed by atoms with Crippen LogP contribution in [0.15, 0.2) is 12.1 Å². The van der Waals surface area contributed by atoms with Crippen molar-refractivity contribution >= 4 is 0 Å². The van der Waals surface area contributed by atoms with E-state index < -0.39 is 0 Å². The Morgan fingerprint density at radius 3 is 2.40 bits per heavy atom. The number of nitrogens with zero attached hydrogens (tertiary/aromatic N) is 1. The molecule has 0 atom stereocenters. The molecule has 4 nitrogen and oxygen atoms in total. The van der Waals surface area contributed by atoms with E-state index in [0.717, 1.165) is 50.6 Å². The van der Waals surface area contributed by atoms with Crippen molar-refractivity contribution in [1.29, 1.82) is 0 Å². The second kappa shape index (κ2) is 5.26. The minimum absolute atomic E-state index is 0.208. The molecule has 0 amide bonds. The summed E-state index contributed by atoms with van der Waals surface area (Å²) >= 11 is 0. The lowest BCUT2D eigenvalue weighted by Gasteiger charge is -2.45. The van der Waals surface area contributed by atoms with E-state index in [4.69, 9.17) is 14.2 Å². The van der Waals surface area contributed by atoms with Gasteiger partial charge in [0.1, 0.15) is 0 Å². The molecule has 2 aliphatic heterocycles. The first-order valence-electron chi connectivity index (χ1n) is 7.20. The predicted octanol–water partition coefficient (Wildman–Crippen LogP) is 2.20. The maximum absolute atomic E-state index is 5.57. The summed E-state index contributed by atoms with van der Waals surface area (Å²) < 4.78 is 16.5. The van der Waals surface area contributed by atoms with Gasteiger partial charge in [-0.25, -0.2) is 0 Å². The third-order valence-electron chi connectivity index (χ3n) is 4.64. The van der Waals surface area contributed by atoms with Crippen molar-refractivity contribution in [1.82, 2.24) is 4.90 Å². The third-order valence-corrected chi connectivity index (χ3v) is 4.64. The molecule has 0 aromatic heterocycles. The topological polar surface area (TPSA) is 30.9 Å². The molecular weight excluding hydrogens is 254 g/mol. The number of likely N-dealkylation sites (N-methyl/N-ethyl adjacent to an activating group) is 1. The molecule has 20 heavy (non-hydrogen) atoms. The van der Waals surface area contributed by atoms with Crippen LogP contribution in [-0.2, 0) is 16.7 Å². The average Bonchev–Trinajstić information content (AvgIpc) is 2.46. The predicted molar refractivity (Wildman–Crippen MR) is 77.6 cm³/mol. The number of fused-ring (bicyclic) bond motifs is 2. The minimum Gasteiger partial charge on any atom is -0.493 e. The lowest BCUT2D eigenvalue weighted by atomic mass is 9.70. The molecule has 0 unspecified atom stereocenters. The van der Waals surface area contributed by atoms with Gasteiger partial charge in [-0.05, 0) is 43.1 Å². The van der Waals surface area contributed by atoms with Crippen molar-refractivity contribution < 1.29 is 14.2 Å². The van der Waals surface area contributed by atoms with Crippen LogP contribution in [0.4, 0.5) is 0 Å². The first kappa shape index (κ1) is 13.7. The van der Waals surface area contributed by atoms with Crippen LogP contribution in [0.5, 0.6) is 11.5 Å². The Hall–Kier alpha value is -1.26. The van der Waals surface area contributed by atoms with E-state index in [-0.39, 0.29) is 5.41 Å². The standard InChI is InChI=1S/C16H23NO3/c1-17-10-12-8-14(18-2)15(19-3)9-13(12)16(11-17)4-6-20-7-5-16/h8-9H,4-7,10-11H2,1-3H3. The number of methoxy groups -OCH3 is 2. The molecule has 0 N–H and O–H groups in total. The highest BCUT2D eigenvalue weighted by atomic mass is 16.5. The molecule has 1 saturated heterocycles. The number of rotatable bonds is 2. The van der Waals surface area contributed by atoms with E-state index in [2.05, 4.69) is 24.1 Å². The quantitative estimate of drug-likeness (QED) is 0.829. The van der Waals surface area contributed by atoms with Crippen LogP contribution in [0, 0.1) is 0 Å². The summed E-state index contributed by atoms with van der Waals surface area (Å²) in [6, 6.07) is 4.33. The Morgan fingerprint density at radius 2 is 1.75 bits per heavy atom. The number of hydrogen-bond acceptors (Lipinski definition) is 4. The largest absolute Gasteiger partial charge is 0.493 e. The molecule has 1 aromatic rings. The van der Waals surface area contributed by atoms with Crippen LogP contribution in [0.2, 0.25) is 0 Å². The maximum Gasteiger partial charge on any atom is 0.161 e. The van der Waals surface area contributed by atoms with Crippen molar-refractivity contribution in [2.75, 3.05) is 41.0 Å². The van der Waals surface area contributed by atoms with Gasteiger partial charge < -0.3 is 19.1 Å². The third kappa shape index (κ3) is 2.17. The van der Waals surface area contributed by atoms with Gasteiger partial charge in [-0.1, -0.05) is 0 Å². The molecule has 2 aliphatic rings. The normalized spacial score (nSPS) is 21.6. The zero-order chi connectivity index (χ0) is 14.2. The first-order valence-corrected chi connectivity index (χ1v) is 7.20. The van der Waals surface area contributed by atoms with Gasteiger partial charge in [0.25, 0.3) is 0 Å². The Labute approximate surface area is 120 Å². The fourth-order valence-electron chi connectivity index (χ4n) is 3.68. The smallest absolute Gasteiger partial charge is 0.161 e. The molecule has 3 rings (SSSR count). The van der Waals surface area contributed by atoms with Crippen LogP contribution >= 0.6 is 0 Å². The summed E-state index contributed by atoms with van der Waals surface area (Å²) in [5, 5.41) is 0. The zero-order valence-electron chi connectivity index (χ0n) is 12.6. The van der Waals surface area contributed by atoms with Gasteiger partial charge >= 0.3 is 0 Å². The van der Waals surface area contributed by atoms with Crippen molar-refractivity contribution in [2.24, 2.45) is 0 Å². The highest BCUT2D eigenvalue weighted by Gasteiger charge is 2.40. The summed E-state index contributed by atoms with van der Waals surface area (Å²) in [6.45, 7) is 3.76. The zero-order valence-corrected chi connectivity index (χ0v) is 12.6. The molecule has 1 fully saturated rings. The van der Waals surface area contributed by atoms with Crippen LogP contribution in [0.25, 0.3) is 0 Å². The molecule has 110 valence electrons. The van der Waals surface area contributed by atoms with Gasteiger partial charge in [-0.2, -0.15) is 0 Å². The molecule has 0 saturated carbocycles. The van der Waals surface area contributed by atoms with E-state index in [1.54, 1.807) is 14.2 Å². The minimum atomic E-state index is 0.208. The van der Waals surface area contributed by atoms with Crippen molar-refractivity contribution in [3.8, 4) is 11.5 Å². The van der Waals surface area contributed by atoms with Crippen LogP contribution in [-0.4, -0.2) is 45.9 Å². The highest BCUT2D eigenvalue weighted by Crippen LogP contribution is 2.44. The molecule has 1 aromatic carbocycles. The van der Waals surface area contributed by atoms with E-state index >= 15 is 0 Å². The first-order chi connectivity index (χ1) is 9.68. The monoisotopic (exact) mass is 277 g/mol.